The first-order valence-corrected chi connectivity index (χ1v) is 9.87. The van der Waals surface area contributed by atoms with Crippen LogP contribution in [0.2, 0.25) is 0 Å². The van der Waals surface area contributed by atoms with Crippen molar-refractivity contribution in [2.75, 3.05) is 41.3 Å². The largest absolute Gasteiger partial charge is 0.492 e. The Morgan fingerprint density at radius 2 is 1.83 bits per heavy atom. The zero-order valence-electron chi connectivity index (χ0n) is 16.9. The zero-order chi connectivity index (χ0) is 20.2. The molecule has 2 unspecified atom stereocenters. The van der Waals surface area contributed by atoms with Gasteiger partial charge in [-0.2, -0.15) is 0 Å². The number of likely N-dealkylation sites (N-methyl/N-ethyl adjacent to an activating group) is 1. The third-order valence-electron chi connectivity index (χ3n) is 6.31. The van der Waals surface area contributed by atoms with E-state index in [2.05, 4.69) is 20.2 Å². The molecule has 0 saturated carbocycles. The summed E-state index contributed by atoms with van der Waals surface area (Å²) in [4.78, 5) is 0. The van der Waals surface area contributed by atoms with E-state index in [-0.39, 0.29) is 19.6 Å². The van der Waals surface area contributed by atoms with Gasteiger partial charge in [0.15, 0.2) is 23.0 Å². The van der Waals surface area contributed by atoms with E-state index in [0.717, 1.165) is 45.8 Å². The van der Waals surface area contributed by atoms with Gasteiger partial charge in [-0.3, -0.25) is 0 Å². The fraction of sp³-hybridized carbons (Fsp3) is 0.455. The summed E-state index contributed by atoms with van der Waals surface area (Å²) in [6.45, 7) is 1.39. The highest BCUT2D eigenvalue weighted by Gasteiger charge is 2.42. The van der Waals surface area contributed by atoms with Crippen molar-refractivity contribution in [3.63, 3.8) is 0 Å². The van der Waals surface area contributed by atoms with Crippen LogP contribution >= 0.6 is 0 Å². The van der Waals surface area contributed by atoms with Crippen LogP contribution < -0.4 is 23.7 Å². The van der Waals surface area contributed by atoms with Gasteiger partial charge in [-0.05, 0) is 29.3 Å². The number of aliphatic hydroxyl groups is 1. The van der Waals surface area contributed by atoms with Gasteiger partial charge in [0.25, 0.3) is 0 Å². The van der Waals surface area contributed by atoms with Gasteiger partial charge in [0.05, 0.1) is 39.4 Å². The minimum absolute atomic E-state index is 0.0450. The molecule has 0 amide bonds. The van der Waals surface area contributed by atoms with Crippen LogP contribution in [-0.2, 0) is 6.42 Å². The van der Waals surface area contributed by atoms with Crippen LogP contribution in [0.25, 0.3) is 0 Å². The highest BCUT2D eigenvalue weighted by molar-refractivity contribution is 5.61. The molecule has 2 atom stereocenters. The summed E-state index contributed by atoms with van der Waals surface area (Å²) in [7, 11) is 6.06. The maximum absolute atomic E-state index is 11.1. The molecule has 154 valence electrons. The molecule has 0 aliphatic carbocycles. The monoisotopic (exact) mass is 400 g/mol. The van der Waals surface area contributed by atoms with Crippen LogP contribution in [0.4, 0.5) is 0 Å². The summed E-state index contributed by atoms with van der Waals surface area (Å²) in [6, 6.07) is 7.74. The van der Waals surface area contributed by atoms with E-state index in [1.54, 1.807) is 7.11 Å². The van der Waals surface area contributed by atoms with Crippen molar-refractivity contribution < 1.29 is 33.3 Å². The Labute approximate surface area is 169 Å². The lowest BCUT2D eigenvalue weighted by molar-refractivity contribution is -0.924. The second-order valence-electron chi connectivity index (χ2n) is 8.35. The van der Waals surface area contributed by atoms with E-state index in [9.17, 15) is 5.11 Å². The van der Waals surface area contributed by atoms with Crippen LogP contribution in [0.15, 0.2) is 24.3 Å². The Hall–Kier alpha value is -2.64. The fourth-order valence-corrected chi connectivity index (χ4v) is 4.64. The maximum Gasteiger partial charge on any atom is 0.231 e. The summed E-state index contributed by atoms with van der Waals surface area (Å²) in [5.41, 5.74) is 3.13. The van der Waals surface area contributed by atoms with Crippen LogP contribution in [0.3, 0.4) is 0 Å². The second kappa shape index (κ2) is 6.71. The number of quaternary nitrogens is 1. The Kier molecular flexibility index (Phi) is 4.26. The molecule has 0 saturated heterocycles. The predicted octanol–water partition coefficient (Wildman–Crippen LogP) is 2.95. The second-order valence-corrected chi connectivity index (χ2v) is 8.35. The molecule has 3 heterocycles. The number of methoxy groups -OCH3 is 1. The predicted molar refractivity (Wildman–Crippen MR) is 105 cm³/mol. The first-order chi connectivity index (χ1) is 14.0. The van der Waals surface area contributed by atoms with E-state index in [0.29, 0.717) is 17.9 Å². The molecule has 7 nitrogen and oxygen atoms in total. The van der Waals surface area contributed by atoms with Crippen LogP contribution in [-0.4, -0.2) is 50.9 Å². The van der Waals surface area contributed by atoms with Crippen molar-refractivity contribution in [3.8, 4) is 28.7 Å². The number of ether oxygens (including phenoxy) is 5. The Bertz CT molecular complexity index is 957. The SMILES string of the molecule is COc1c2c(cc3c1C(CC(O)c1ccc4c(c1)OCO4)[N+](C)(C)CC3)OCO2. The van der Waals surface area contributed by atoms with E-state index in [1.807, 2.05) is 18.2 Å². The minimum atomic E-state index is -0.645. The van der Waals surface area contributed by atoms with Gasteiger partial charge in [-0.1, -0.05) is 6.07 Å². The van der Waals surface area contributed by atoms with Gasteiger partial charge in [-0.25, -0.2) is 0 Å². The molecular weight excluding hydrogens is 374 g/mol. The van der Waals surface area contributed by atoms with Crippen molar-refractivity contribution in [3.05, 3.63) is 41.0 Å². The summed E-state index contributed by atoms with van der Waals surface area (Å²) >= 11 is 0. The van der Waals surface area contributed by atoms with Gasteiger partial charge in [-0.15, -0.1) is 0 Å². The van der Waals surface area contributed by atoms with Crippen molar-refractivity contribution in [1.82, 2.24) is 0 Å². The van der Waals surface area contributed by atoms with Gasteiger partial charge in [0, 0.05) is 12.8 Å². The van der Waals surface area contributed by atoms with E-state index in [4.69, 9.17) is 23.7 Å². The zero-order valence-corrected chi connectivity index (χ0v) is 16.9. The number of fused-ring (bicyclic) bond motifs is 3. The normalized spacial score (nSPS) is 21.6. The van der Waals surface area contributed by atoms with E-state index in [1.165, 1.54) is 5.56 Å². The number of hydrogen-bond acceptors (Lipinski definition) is 6. The summed E-state index contributed by atoms with van der Waals surface area (Å²) < 4.78 is 28.7. The third-order valence-corrected chi connectivity index (χ3v) is 6.31. The molecule has 3 aliphatic rings. The lowest BCUT2D eigenvalue weighted by atomic mass is 9.85. The first kappa shape index (κ1) is 18.4. The standard InChI is InChI=1S/C22H26NO6/c1-23(2)7-6-14-9-19-21(29-12-28-19)22(25-3)20(14)15(23)10-16(24)13-4-5-17-18(8-13)27-11-26-17/h4-5,8-9,15-16,24H,6-7,10-12H2,1-3H3/q+1. The molecule has 0 bridgehead atoms. The number of rotatable bonds is 4. The van der Waals surface area contributed by atoms with Crippen molar-refractivity contribution >= 4 is 0 Å². The first-order valence-electron chi connectivity index (χ1n) is 9.87. The molecule has 0 radical (unpaired) electrons. The number of nitrogens with zero attached hydrogens (tertiary/aromatic N) is 1. The molecule has 5 rings (SSSR count). The van der Waals surface area contributed by atoms with Crippen LogP contribution in [0.5, 0.6) is 28.7 Å². The molecule has 0 fully saturated rings. The summed E-state index contributed by atoms with van der Waals surface area (Å²) in [5, 5.41) is 11.1. The third kappa shape index (κ3) is 2.96. The Morgan fingerprint density at radius 3 is 2.66 bits per heavy atom. The fourth-order valence-electron chi connectivity index (χ4n) is 4.64. The van der Waals surface area contributed by atoms with Crippen molar-refractivity contribution in [1.29, 1.82) is 0 Å². The Morgan fingerprint density at radius 1 is 1.07 bits per heavy atom. The summed E-state index contributed by atoms with van der Waals surface area (Å²) in [5.74, 6) is 3.53. The van der Waals surface area contributed by atoms with Gasteiger partial charge >= 0.3 is 0 Å². The quantitative estimate of drug-likeness (QED) is 0.796. The smallest absolute Gasteiger partial charge is 0.231 e. The van der Waals surface area contributed by atoms with Gasteiger partial charge in [0.2, 0.25) is 19.3 Å². The van der Waals surface area contributed by atoms with E-state index >= 15 is 0 Å². The number of hydrogen-bond donors (Lipinski definition) is 1. The number of aliphatic hydroxyl groups excluding tert-OH is 1. The maximum atomic E-state index is 11.1. The average Bonchev–Trinajstić information content (AvgIpc) is 3.36. The van der Waals surface area contributed by atoms with Gasteiger partial charge < -0.3 is 33.3 Å². The van der Waals surface area contributed by atoms with Crippen molar-refractivity contribution in [2.24, 2.45) is 0 Å². The average molecular weight is 400 g/mol. The molecule has 3 aliphatic heterocycles. The van der Waals surface area contributed by atoms with Gasteiger partial charge in [0.1, 0.15) is 6.04 Å². The molecule has 29 heavy (non-hydrogen) atoms. The Balaban J connectivity index is 1.53. The molecule has 2 aromatic rings. The molecule has 0 spiro atoms. The lowest BCUT2D eigenvalue weighted by Crippen LogP contribution is -2.48. The summed E-state index contributed by atoms with van der Waals surface area (Å²) in [6.07, 6.45) is 0.828. The molecular formula is C22H26NO6+. The highest BCUT2D eigenvalue weighted by atomic mass is 16.7. The molecule has 7 heteroatoms. The minimum Gasteiger partial charge on any atom is -0.492 e. The molecule has 2 aromatic carbocycles. The lowest BCUT2D eigenvalue weighted by Gasteiger charge is -2.44. The van der Waals surface area contributed by atoms with Crippen LogP contribution in [0.1, 0.15) is 35.3 Å². The number of benzene rings is 2. The van der Waals surface area contributed by atoms with E-state index < -0.39 is 6.10 Å². The van der Waals surface area contributed by atoms with Crippen LogP contribution in [0, 0.1) is 0 Å². The highest BCUT2D eigenvalue weighted by Crippen LogP contribution is 2.52. The molecule has 1 N–H and O–H groups in total. The molecule has 0 aromatic heterocycles. The van der Waals surface area contributed by atoms with Crippen molar-refractivity contribution in [2.45, 2.75) is 25.0 Å². The topological polar surface area (TPSA) is 66.4 Å².